The van der Waals surface area contributed by atoms with Gasteiger partial charge in [-0.1, -0.05) is 44.6 Å². The lowest BCUT2D eigenvalue weighted by atomic mass is 9.79. The summed E-state index contributed by atoms with van der Waals surface area (Å²) < 4.78 is 5.46. The summed E-state index contributed by atoms with van der Waals surface area (Å²) in [5.41, 5.74) is 2.54. The Balaban J connectivity index is 1.93. The first-order chi connectivity index (χ1) is 10.3. The fourth-order valence-corrected chi connectivity index (χ4v) is 4.20. The molecule has 1 N–H and O–H groups in total. The van der Waals surface area contributed by atoms with Crippen molar-refractivity contribution in [3.63, 3.8) is 0 Å². The van der Waals surface area contributed by atoms with Crippen molar-refractivity contribution >= 4 is 0 Å². The van der Waals surface area contributed by atoms with Gasteiger partial charge in [0.1, 0.15) is 0 Å². The Morgan fingerprint density at radius 3 is 2.00 bits per heavy atom. The zero-order valence-corrected chi connectivity index (χ0v) is 13.2. The molecule has 2 aliphatic carbocycles. The zero-order chi connectivity index (χ0) is 14.7. The lowest BCUT2D eigenvalue weighted by Crippen LogP contribution is -2.09. The van der Waals surface area contributed by atoms with E-state index in [-0.39, 0.29) is 0 Å². The van der Waals surface area contributed by atoms with Gasteiger partial charge in [0.15, 0.2) is 11.5 Å². The fourth-order valence-electron chi connectivity index (χ4n) is 4.20. The minimum atomic E-state index is 0.393. The average Bonchev–Trinajstić information content (AvgIpc) is 2.56. The molecule has 0 radical (unpaired) electrons. The van der Waals surface area contributed by atoms with E-state index in [4.69, 9.17) is 4.74 Å². The largest absolute Gasteiger partial charge is 0.504 e. The van der Waals surface area contributed by atoms with Crippen molar-refractivity contribution in [1.82, 2.24) is 0 Å². The maximum atomic E-state index is 10.5. The van der Waals surface area contributed by atoms with E-state index < -0.39 is 0 Å². The monoisotopic (exact) mass is 288 g/mol. The van der Waals surface area contributed by atoms with Crippen LogP contribution in [0.5, 0.6) is 11.5 Å². The van der Waals surface area contributed by atoms with Crippen LogP contribution in [0.2, 0.25) is 0 Å². The second-order valence-corrected chi connectivity index (χ2v) is 6.83. The number of phenols is 1. The Hall–Kier alpha value is -1.18. The predicted octanol–water partition coefficient (Wildman–Crippen LogP) is 5.50. The lowest BCUT2D eigenvalue weighted by Gasteiger charge is -2.27. The van der Waals surface area contributed by atoms with Gasteiger partial charge in [0, 0.05) is 5.56 Å². The molecular formula is C19H28O2. The molecule has 2 saturated carbocycles. The van der Waals surface area contributed by atoms with Crippen LogP contribution in [-0.4, -0.2) is 12.2 Å². The van der Waals surface area contributed by atoms with E-state index in [1.54, 1.807) is 7.11 Å². The molecule has 0 bridgehead atoms. The molecule has 0 amide bonds. The molecular weight excluding hydrogens is 260 g/mol. The Bertz CT molecular complexity index is 469. The predicted molar refractivity (Wildman–Crippen MR) is 86.3 cm³/mol. The Morgan fingerprint density at radius 1 is 0.857 bits per heavy atom. The zero-order valence-electron chi connectivity index (χ0n) is 13.2. The van der Waals surface area contributed by atoms with Crippen LogP contribution in [0.15, 0.2) is 12.1 Å². The SMILES string of the molecule is COc1cc(C2CCCCC2)cc(C2CCCCC2)c1O. The molecule has 2 nitrogen and oxygen atoms in total. The maximum absolute atomic E-state index is 10.5. The van der Waals surface area contributed by atoms with Crippen LogP contribution < -0.4 is 4.74 Å². The summed E-state index contributed by atoms with van der Waals surface area (Å²) in [6.45, 7) is 0. The Morgan fingerprint density at radius 2 is 1.43 bits per heavy atom. The molecule has 0 spiro atoms. The second kappa shape index (κ2) is 6.72. The van der Waals surface area contributed by atoms with E-state index in [1.807, 2.05) is 0 Å². The van der Waals surface area contributed by atoms with E-state index in [1.165, 1.54) is 69.8 Å². The van der Waals surface area contributed by atoms with Crippen molar-refractivity contribution in [1.29, 1.82) is 0 Å². The smallest absolute Gasteiger partial charge is 0.161 e. The third-order valence-corrected chi connectivity index (χ3v) is 5.47. The third kappa shape index (κ3) is 3.20. The van der Waals surface area contributed by atoms with Crippen LogP contribution in [-0.2, 0) is 0 Å². The highest BCUT2D eigenvalue weighted by atomic mass is 16.5. The van der Waals surface area contributed by atoms with Crippen molar-refractivity contribution in [3.8, 4) is 11.5 Å². The summed E-state index contributed by atoms with van der Waals surface area (Å²) >= 11 is 0. The van der Waals surface area contributed by atoms with Gasteiger partial charge in [0.2, 0.25) is 0 Å². The van der Waals surface area contributed by atoms with Gasteiger partial charge in [0.25, 0.3) is 0 Å². The number of methoxy groups -OCH3 is 1. The molecule has 0 aliphatic heterocycles. The molecule has 0 unspecified atom stereocenters. The number of aromatic hydroxyl groups is 1. The highest BCUT2D eigenvalue weighted by molar-refractivity contribution is 5.51. The second-order valence-electron chi connectivity index (χ2n) is 6.83. The summed E-state index contributed by atoms with van der Waals surface area (Å²) in [6.07, 6.45) is 13.0. The van der Waals surface area contributed by atoms with Gasteiger partial charge in [-0.2, -0.15) is 0 Å². The number of hydrogen-bond donors (Lipinski definition) is 1. The first-order valence-corrected chi connectivity index (χ1v) is 8.70. The highest BCUT2D eigenvalue weighted by Crippen LogP contribution is 2.44. The molecule has 2 aliphatic rings. The molecule has 2 heteroatoms. The molecule has 0 atom stereocenters. The van der Waals surface area contributed by atoms with Gasteiger partial charge in [-0.15, -0.1) is 0 Å². The topological polar surface area (TPSA) is 29.5 Å². The van der Waals surface area contributed by atoms with Crippen LogP contribution in [0.1, 0.15) is 87.2 Å². The van der Waals surface area contributed by atoms with Gasteiger partial charge in [-0.25, -0.2) is 0 Å². The summed E-state index contributed by atoms with van der Waals surface area (Å²) in [5.74, 6) is 2.26. The van der Waals surface area contributed by atoms with E-state index in [2.05, 4.69) is 12.1 Å². The van der Waals surface area contributed by atoms with Crippen LogP contribution in [0.3, 0.4) is 0 Å². The third-order valence-electron chi connectivity index (χ3n) is 5.47. The van der Waals surface area contributed by atoms with Crippen molar-refractivity contribution < 1.29 is 9.84 Å². The van der Waals surface area contributed by atoms with Crippen LogP contribution in [0.25, 0.3) is 0 Å². The van der Waals surface area contributed by atoms with Gasteiger partial charge >= 0.3 is 0 Å². The van der Waals surface area contributed by atoms with Crippen molar-refractivity contribution in [2.75, 3.05) is 7.11 Å². The minimum Gasteiger partial charge on any atom is -0.504 e. The molecule has 0 saturated heterocycles. The van der Waals surface area contributed by atoms with Gasteiger partial charge < -0.3 is 9.84 Å². The van der Waals surface area contributed by atoms with Crippen molar-refractivity contribution in [2.24, 2.45) is 0 Å². The van der Waals surface area contributed by atoms with Crippen molar-refractivity contribution in [3.05, 3.63) is 23.3 Å². The lowest BCUT2D eigenvalue weighted by molar-refractivity contribution is 0.358. The number of rotatable bonds is 3. The van der Waals surface area contributed by atoms with E-state index >= 15 is 0 Å². The molecule has 1 aromatic rings. The quantitative estimate of drug-likeness (QED) is 0.796. The van der Waals surface area contributed by atoms with Crippen LogP contribution in [0.4, 0.5) is 0 Å². The molecule has 116 valence electrons. The van der Waals surface area contributed by atoms with E-state index in [0.717, 1.165) is 5.56 Å². The summed E-state index contributed by atoms with van der Waals surface area (Å²) in [6, 6.07) is 4.38. The van der Waals surface area contributed by atoms with Gasteiger partial charge in [-0.3, -0.25) is 0 Å². The maximum Gasteiger partial charge on any atom is 0.161 e. The molecule has 0 heterocycles. The van der Waals surface area contributed by atoms with E-state index in [0.29, 0.717) is 23.3 Å². The van der Waals surface area contributed by atoms with Crippen molar-refractivity contribution in [2.45, 2.75) is 76.0 Å². The Labute approximate surface area is 128 Å². The minimum absolute atomic E-state index is 0.393. The normalized spacial score (nSPS) is 21.4. The molecule has 1 aromatic carbocycles. The van der Waals surface area contributed by atoms with Crippen LogP contribution >= 0.6 is 0 Å². The number of phenolic OH excluding ortho intramolecular Hbond substituents is 1. The first kappa shape index (κ1) is 14.7. The standard InChI is InChI=1S/C19H28O2/c1-21-18-13-16(14-8-4-2-5-9-14)12-17(19(18)20)15-10-6-3-7-11-15/h12-15,20H,2-11H2,1H3. The average molecular weight is 288 g/mol. The van der Waals surface area contributed by atoms with Gasteiger partial charge in [-0.05, 0) is 49.1 Å². The summed E-state index contributed by atoms with van der Waals surface area (Å²) in [7, 11) is 1.67. The first-order valence-electron chi connectivity index (χ1n) is 8.70. The Kier molecular flexibility index (Phi) is 4.72. The number of ether oxygens (including phenoxy) is 1. The molecule has 3 rings (SSSR count). The fraction of sp³-hybridized carbons (Fsp3) is 0.684. The summed E-state index contributed by atoms with van der Waals surface area (Å²) in [5, 5.41) is 10.5. The van der Waals surface area contributed by atoms with Gasteiger partial charge in [0.05, 0.1) is 7.11 Å². The highest BCUT2D eigenvalue weighted by Gasteiger charge is 2.24. The number of benzene rings is 1. The van der Waals surface area contributed by atoms with E-state index in [9.17, 15) is 5.11 Å². The number of hydrogen-bond acceptors (Lipinski definition) is 2. The van der Waals surface area contributed by atoms with Crippen LogP contribution in [0, 0.1) is 0 Å². The molecule has 0 aromatic heterocycles. The summed E-state index contributed by atoms with van der Waals surface area (Å²) in [4.78, 5) is 0. The molecule has 2 fully saturated rings. The molecule has 21 heavy (non-hydrogen) atoms.